The van der Waals surface area contributed by atoms with E-state index in [0.29, 0.717) is 22.6 Å². The number of aryl methyl sites for hydroxylation is 1. The first-order valence-electron chi connectivity index (χ1n) is 11.8. The molecule has 0 bridgehead atoms. The molecule has 6 heteroatoms. The first-order chi connectivity index (χ1) is 17.7. The fourth-order valence-electron chi connectivity index (χ4n) is 5.04. The van der Waals surface area contributed by atoms with E-state index in [1.807, 2.05) is 66.1 Å². The Hall–Kier alpha value is -4.97. The largest absolute Gasteiger partial charge is 0.505 e. The summed E-state index contributed by atoms with van der Waals surface area (Å²) in [6.07, 6.45) is 1.72. The molecule has 0 amide bonds. The molecule has 0 unspecified atom stereocenters. The van der Waals surface area contributed by atoms with Crippen LogP contribution >= 0.6 is 0 Å². The van der Waals surface area contributed by atoms with E-state index in [1.54, 1.807) is 6.20 Å². The predicted molar refractivity (Wildman–Crippen MR) is 143 cm³/mol. The van der Waals surface area contributed by atoms with E-state index in [1.165, 1.54) is 5.39 Å². The molecule has 36 heavy (non-hydrogen) atoms. The highest BCUT2D eigenvalue weighted by atomic mass is 16.3. The minimum absolute atomic E-state index is 0.142. The summed E-state index contributed by atoms with van der Waals surface area (Å²) in [5.74, 6) is 0.885. The van der Waals surface area contributed by atoms with Crippen molar-refractivity contribution in [3.8, 4) is 34.0 Å². The molecular formula is C30H21N5O. The smallest absolute Gasteiger partial charge is 0.165 e. The van der Waals surface area contributed by atoms with Crippen LogP contribution in [0.1, 0.15) is 5.82 Å². The molecule has 172 valence electrons. The van der Waals surface area contributed by atoms with Gasteiger partial charge in [-0.1, -0.05) is 48.5 Å². The minimum atomic E-state index is 0.142. The van der Waals surface area contributed by atoms with Crippen LogP contribution in [0.25, 0.3) is 61.2 Å². The van der Waals surface area contributed by atoms with Crippen molar-refractivity contribution in [1.29, 1.82) is 0 Å². The summed E-state index contributed by atoms with van der Waals surface area (Å²) in [6.45, 7) is 1.92. The molecule has 0 aliphatic rings. The van der Waals surface area contributed by atoms with Crippen LogP contribution in [0.2, 0.25) is 0 Å². The summed E-state index contributed by atoms with van der Waals surface area (Å²) < 4.78 is 1.91. The highest BCUT2D eigenvalue weighted by molar-refractivity contribution is 6.11. The number of para-hydroxylation sites is 3. The predicted octanol–water partition coefficient (Wildman–Crippen LogP) is 6.80. The van der Waals surface area contributed by atoms with Crippen molar-refractivity contribution in [2.24, 2.45) is 0 Å². The van der Waals surface area contributed by atoms with E-state index in [0.717, 1.165) is 39.0 Å². The van der Waals surface area contributed by atoms with Gasteiger partial charge in [0.1, 0.15) is 17.1 Å². The van der Waals surface area contributed by atoms with Crippen LogP contribution in [0.4, 0.5) is 0 Å². The standard InChI is InChI=1S/C30H21N5O/c1-18-32-26-16-15-25(21-10-6-9-20-19-8-2-3-13-24(19)33-28(20)21)34-30(26)35(18)27-14-7-11-22(29(27)36)23-12-4-5-17-31-23/h2-17,33,36H,1H3. The van der Waals surface area contributed by atoms with E-state index < -0.39 is 0 Å². The van der Waals surface area contributed by atoms with Crippen molar-refractivity contribution in [3.63, 3.8) is 0 Å². The van der Waals surface area contributed by atoms with Crippen LogP contribution < -0.4 is 0 Å². The number of pyridine rings is 2. The van der Waals surface area contributed by atoms with Gasteiger partial charge in [0, 0.05) is 33.6 Å². The molecule has 0 spiro atoms. The molecular weight excluding hydrogens is 446 g/mol. The zero-order chi connectivity index (χ0) is 24.2. The number of fused-ring (bicyclic) bond motifs is 4. The zero-order valence-electron chi connectivity index (χ0n) is 19.5. The average molecular weight is 468 g/mol. The number of hydrogen-bond acceptors (Lipinski definition) is 4. The number of phenolic OH excluding ortho intramolecular Hbond substituents is 1. The van der Waals surface area contributed by atoms with Gasteiger partial charge in [-0.2, -0.15) is 0 Å². The molecule has 2 N–H and O–H groups in total. The monoisotopic (exact) mass is 467 g/mol. The van der Waals surface area contributed by atoms with Crippen molar-refractivity contribution in [1.82, 2.24) is 24.5 Å². The third-order valence-electron chi connectivity index (χ3n) is 6.69. The molecule has 0 saturated carbocycles. The third-order valence-corrected chi connectivity index (χ3v) is 6.69. The number of nitrogens with zero attached hydrogens (tertiary/aromatic N) is 4. The third kappa shape index (κ3) is 3.01. The Bertz CT molecular complexity index is 1920. The van der Waals surface area contributed by atoms with Crippen LogP contribution in [0.3, 0.4) is 0 Å². The van der Waals surface area contributed by atoms with Crippen molar-refractivity contribution in [3.05, 3.63) is 103 Å². The molecule has 0 aliphatic carbocycles. The van der Waals surface area contributed by atoms with Gasteiger partial charge in [-0.3, -0.25) is 9.55 Å². The number of aromatic hydroxyl groups is 1. The normalized spacial score (nSPS) is 11.6. The zero-order valence-corrected chi connectivity index (χ0v) is 19.5. The molecule has 6 nitrogen and oxygen atoms in total. The number of nitrogens with one attached hydrogen (secondary N) is 1. The van der Waals surface area contributed by atoms with Gasteiger partial charge >= 0.3 is 0 Å². The molecule has 7 aromatic rings. The van der Waals surface area contributed by atoms with Crippen LogP contribution in [0, 0.1) is 6.92 Å². The molecule has 0 fully saturated rings. The number of aromatic amines is 1. The van der Waals surface area contributed by atoms with Crippen molar-refractivity contribution < 1.29 is 5.11 Å². The highest BCUT2D eigenvalue weighted by Crippen LogP contribution is 2.37. The number of phenols is 1. The quantitative estimate of drug-likeness (QED) is 0.300. The SMILES string of the molecule is Cc1nc2ccc(-c3cccc4c3[nH]c3ccccc34)nc2n1-c1cccc(-c2ccccn2)c1O. The van der Waals surface area contributed by atoms with E-state index >= 15 is 0 Å². The molecule has 4 heterocycles. The van der Waals surface area contributed by atoms with Gasteiger partial charge in [-0.05, 0) is 49.4 Å². The molecule has 3 aromatic carbocycles. The summed E-state index contributed by atoms with van der Waals surface area (Å²) in [5.41, 5.74) is 7.43. The first kappa shape index (κ1) is 20.4. The molecule has 0 atom stereocenters. The fraction of sp³-hybridized carbons (Fsp3) is 0.0333. The number of imidazole rings is 1. The Morgan fingerprint density at radius 2 is 1.53 bits per heavy atom. The van der Waals surface area contributed by atoms with E-state index in [9.17, 15) is 5.11 Å². The highest BCUT2D eigenvalue weighted by Gasteiger charge is 2.18. The van der Waals surface area contributed by atoms with Crippen molar-refractivity contribution in [2.75, 3.05) is 0 Å². The van der Waals surface area contributed by atoms with E-state index in [4.69, 9.17) is 9.97 Å². The summed E-state index contributed by atoms with van der Waals surface area (Å²) >= 11 is 0. The second-order valence-corrected chi connectivity index (χ2v) is 8.82. The Kier molecular flexibility index (Phi) is 4.41. The van der Waals surface area contributed by atoms with Crippen LogP contribution in [0.5, 0.6) is 5.75 Å². The Labute approximate surface area is 206 Å². The van der Waals surface area contributed by atoms with E-state index in [-0.39, 0.29) is 5.75 Å². The molecule has 0 radical (unpaired) electrons. The molecule has 7 rings (SSSR count). The van der Waals surface area contributed by atoms with Gasteiger partial charge in [-0.25, -0.2) is 9.97 Å². The van der Waals surface area contributed by atoms with Gasteiger partial charge in [0.25, 0.3) is 0 Å². The second-order valence-electron chi connectivity index (χ2n) is 8.82. The van der Waals surface area contributed by atoms with Gasteiger partial charge in [0.15, 0.2) is 5.65 Å². The topological polar surface area (TPSA) is 79.6 Å². The first-order valence-corrected chi connectivity index (χ1v) is 11.8. The fourth-order valence-corrected chi connectivity index (χ4v) is 5.04. The number of hydrogen-bond donors (Lipinski definition) is 2. The molecule has 4 aromatic heterocycles. The maximum absolute atomic E-state index is 11.3. The molecule has 0 saturated heterocycles. The number of benzene rings is 3. The van der Waals surface area contributed by atoms with Crippen molar-refractivity contribution >= 4 is 33.0 Å². The summed E-state index contributed by atoms with van der Waals surface area (Å²) in [5, 5.41) is 13.6. The Morgan fingerprint density at radius 3 is 2.42 bits per heavy atom. The summed E-state index contributed by atoms with van der Waals surface area (Å²) in [6, 6.07) is 29.9. The molecule has 0 aliphatic heterocycles. The number of aromatic nitrogens is 5. The maximum Gasteiger partial charge on any atom is 0.165 e. The Balaban J connectivity index is 1.45. The van der Waals surface area contributed by atoms with Crippen LogP contribution in [-0.4, -0.2) is 29.6 Å². The van der Waals surface area contributed by atoms with Crippen LogP contribution in [-0.2, 0) is 0 Å². The Morgan fingerprint density at radius 1 is 0.722 bits per heavy atom. The lowest BCUT2D eigenvalue weighted by Crippen LogP contribution is -2.00. The van der Waals surface area contributed by atoms with Gasteiger partial charge < -0.3 is 10.1 Å². The second kappa shape index (κ2) is 7.78. The summed E-state index contributed by atoms with van der Waals surface area (Å²) in [7, 11) is 0. The lowest BCUT2D eigenvalue weighted by molar-refractivity contribution is 0.474. The van der Waals surface area contributed by atoms with Crippen LogP contribution in [0.15, 0.2) is 97.2 Å². The minimum Gasteiger partial charge on any atom is -0.505 e. The average Bonchev–Trinajstić information content (AvgIpc) is 3.46. The van der Waals surface area contributed by atoms with Gasteiger partial charge in [0.2, 0.25) is 0 Å². The lowest BCUT2D eigenvalue weighted by Gasteiger charge is -2.12. The lowest BCUT2D eigenvalue weighted by atomic mass is 10.1. The summed E-state index contributed by atoms with van der Waals surface area (Å²) in [4.78, 5) is 17.8. The maximum atomic E-state index is 11.3. The van der Waals surface area contributed by atoms with Gasteiger partial charge in [0.05, 0.1) is 22.6 Å². The van der Waals surface area contributed by atoms with Crippen molar-refractivity contribution in [2.45, 2.75) is 6.92 Å². The number of rotatable bonds is 3. The van der Waals surface area contributed by atoms with Gasteiger partial charge in [-0.15, -0.1) is 0 Å². The van der Waals surface area contributed by atoms with E-state index in [2.05, 4.69) is 46.4 Å². The number of H-pyrrole nitrogens is 1.